The third-order valence-corrected chi connectivity index (χ3v) is 2.68. The van der Waals surface area contributed by atoms with Gasteiger partial charge in [0.05, 0.1) is 18.8 Å². The molecule has 0 atom stereocenters. The highest BCUT2D eigenvalue weighted by Gasteiger charge is 2.14. The minimum Gasteiger partial charge on any atom is -0.489 e. The van der Waals surface area contributed by atoms with Crippen LogP contribution in [0.15, 0.2) is 41.0 Å². The van der Waals surface area contributed by atoms with Crippen LogP contribution < -0.4 is 16.0 Å². The van der Waals surface area contributed by atoms with E-state index in [1.54, 1.807) is 18.2 Å². The van der Waals surface area contributed by atoms with Gasteiger partial charge in [0.1, 0.15) is 12.4 Å². The molecule has 1 amide bonds. The fraction of sp³-hybridized carbons (Fsp3) is 0.143. The Labute approximate surface area is 115 Å². The molecule has 6 heteroatoms. The number of rotatable bonds is 5. The summed E-state index contributed by atoms with van der Waals surface area (Å²) in [4.78, 5) is 11.4. The highest BCUT2D eigenvalue weighted by molar-refractivity contribution is 5.92. The summed E-state index contributed by atoms with van der Waals surface area (Å²) in [6.07, 6.45) is 1.77. The Balaban J connectivity index is 2.00. The van der Waals surface area contributed by atoms with Gasteiger partial charge in [-0.3, -0.25) is 10.2 Å². The molecule has 2 aromatic rings. The second-order valence-corrected chi connectivity index (χ2v) is 4.02. The van der Waals surface area contributed by atoms with E-state index in [0.717, 1.165) is 5.56 Å². The van der Waals surface area contributed by atoms with Crippen LogP contribution in [0.5, 0.6) is 5.75 Å². The lowest BCUT2D eigenvalue weighted by Gasteiger charge is -2.06. The predicted molar refractivity (Wildman–Crippen MR) is 70.5 cm³/mol. The van der Waals surface area contributed by atoms with Gasteiger partial charge >= 0.3 is 5.91 Å². The molecule has 0 saturated carbocycles. The number of amides is 1. The van der Waals surface area contributed by atoms with E-state index >= 15 is 0 Å². The van der Waals surface area contributed by atoms with Gasteiger partial charge in [-0.25, -0.2) is 5.84 Å². The normalized spacial score (nSPS) is 9.80. The molecule has 20 heavy (non-hydrogen) atoms. The topological polar surface area (TPSA) is 101 Å². The molecular formula is C14H13N3O3. The van der Waals surface area contributed by atoms with Gasteiger partial charge in [0.25, 0.3) is 0 Å². The van der Waals surface area contributed by atoms with Gasteiger partial charge in [-0.2, -0.15) is 5.26 Å². The van der Waals surface area contributed by atoms with Gasteiger partial charge in [-0.1, -0.05) is 12.1 Å². The molecule has 102 valence electrons. The quantitative estimate of drug-likeness (QED) is 0.488. The third kappa shape index (κ3) is 3.16. The highest BCUT2D eigenvalue weighted by atomic mass is 16.5. The van der Waals surface area contributed by atoms with Crippen molar-refractivity contribution in [3.63, 3.8) is 0 Å². The summed E-state index contributed by atoms with van der Waals surface area (Å²) in [7, 11) is 0. The smallest absolute Gasteiger partial charge is 0.301 e. The Kier molecular flexibility index (Phi) is 4.37. The lowest BCUT2D eigenvalue weighted by molar-refractivity contribution is 0.0922. The van der Waals surface area contributed by atoms with Crippen LogP contribution in [-0.4, -0.2) is 5.91 Å². The molecule has 0 unspecified atom stereocenters. The summed E-state index contributed by atoms with van der Waals surface area (Å²) in [5, 5.41) is 8.58. The molecular weight excluding hydrogens is 258 g/mol. The van der Waals surface area contributed by atoms with Crippen molar-refractivity contribution < 1.29 is 13.9 Å². The van der Waals surface area contributed by atoms with E-state index in [2.05, 4.69) is 6.07 Å². The van der Waals surface area contributed by atoms with Gasteiger partial charge in [0, 0.05) is 5.56 Å². The fourth-order valence-electron chi connectivity index (χ4n) is 1.67. The van der Waals surface area contributed by atoms with Crippen molar-refractivity contribution in [1.29, 1.82) is 5.26 Å². The van der Waals surface area contributed by atoms with Gasteiger partial charge in [0.15, 0.2) is 5.76 Å². The Morgan fingerprint density at radius 1 is 1.35 bits per heavy atom. The number of furan rings is 1. The van der Waals surface area contributed by atoms with Crippen molar-refractivity contribution in [2.75, 3.05) is 0 Å². The molecule has 0 saturated heterocycles. The Bertz CT molecular complexity index is 626. The molecule has 2 rings (SSSR count). The van der Waals surface area contributed by atoms with Crippen molar-refractivity contribution in [2.45, 2.75) is 13.0 Å². The van der Waals surface area contributed by atoms with Crippen molar-refractivity contribution in [1.82, 2.24) is 5.43 Å². The molecule has 0 spiro atoms. The molecule has 0 aliphatic heterocycles. The summed E-state index contributed by atoms with van der Waals surface area (Å²) in [6.45, 7) is 0.191. The number of ether oxygens (including phenoxy) is 1. The first kappa shape index (κ1) is 13.6. The van der Waals surface area contributed by atoms with E-state index in [9.17, 15) is 4.79 Å². The summed E-state index contributed by atoms with van der Waals surface area (Å²) in [5.41, 5.74) is 3.54. The van der Waals surface area contributed by atoms with Gasteiger partial charge in [-0.05, 0) is 23.8 Å². The zero-order valence-corrected chi connectivity index (χ0v) is 10.6. The standard InChI is InChI=1S/C14H13N3O3/c15-7-5-10-1-3-12(4-2-10)20-9-11-6-8-19-13(11)14(18)17-16/h1-4,6,8H,5,9,16H2,(H,17,18). The number of hydrazine groups is 1. The van der Waals surface area contributed by atoms with Crippen LogP contribution in [0.2, 0.25) is 0 Å². The Morgan fingerprint density at radius 2 is 2.10 bits per heavy atom. The molecule has 1 heterocycles. The second-order valence-electron chi connectivity index (χ2n) is 4.02. The number of carbonyl (C=O) groups is 1. The molecule has 0 fully saturated rings. The minimum absolute atomic E-state index is 0.133. The van der Waals surface area contributed by atoms with E-state index in [1.807, 2.05) is 17.6 Å². The first-order chi connectivity index (χ1) is 9.74. The maximum absolute atomic E-state index is 11.4. The molecule has 0 radical (unpaired) electrons. The summed E-state index contributed by atoms with van der Waals surface area (Å²) >= 11 is 0. The lowest BCUT2D eigenvalue weighted by Crippen LogP contribution is -2.30. The summed E-state index contributed by atoms with van der Waals surface area (Å²) in [6, 6.07) is 10.9. The molecule has 0 aliphatic carbocycles. The third-order valence-electron chi connectivity index (χ3n) is 2.68. The van der Waals surface area contributed by atoms with Crippen molar-refractivity contribution in [3.8, 4) is 11.8 Å². The number of hydrogen-bond acceptors (Lipinski definition) is 5. The number of hydrogen-bond donors (Lipinski definition) is 2. The van der Waals surface area contributed by atoms with Gasteiger partial charge in [-0.15, -0.1) is 0 Å². The number of nitriles is 1. The predicted octanol–water partition coefficient (Wildman–Crippen LogP) is 1.53. The molecule has 6 nitrogen and oxygen atoms in total. The SMILES string of the molecule is N#CCc1ccc(OCc2ccoc2C(=O)NN)cc1. The van der Waals surface area contributed by atoms with Crippen LogP contribution in [0.3, 0.4) is 0 Å². The Hall–Kier alpha value is -2.78. The average molecular weight is 271 g/mol. The fourth-order valence-corrected chi connectivity index (χ4v) is 1.67. The van der Waals surface area contributed by atoms with Crippen LogP contribution >= 0.6 is 0 Å². The van der Waals surface area contributed by atoms with Gasteiger partial charge < -0.3 is 9.15 Å². The summed E-state index contributed by atoms with van der Waals surface area (Å²) in [5.74, 6) is 5.33. The second kappa shape index (κ2) is 6.41. The number of nitrogens with two attached hydrogens (primary N) is 1. The monoisotopic (exact) mass is 271 g/mol. The molecule has 1 aromatic carbocycles. The van der Waals surface area contributed by atoms with E-state index < -0.39 is 5.91 Å². The minimum atomic E-state index is -0.502. The number of nitrogen functional groups attached to an aromatic ring is 1. The van der Waals surface area contributed by atoms with Gasteiger partial charge in [0.2, 0.25) is 0 Å². The number of carbonyl (C=O) groups excluding carboxylic acids is 1. The van der Waals surface area contributed by atoms with Crippen LogP contribution in [0.1, 0.15) is 21.7 Å². The maximum Gasteiger partial charge on any atom is 0.301 e. The lowest BCUT2D eigenvalue weighted by atomic mass is 10.2. The highest BCUT2D eigenvalue weighted by Crippen LogP contribution is 2.17. The van der Waals surface area contributed by atoms with E-state index in [-0.39, 0.29) is 12.4 Å². The molecule has 0 bridgehead atoms. The van der Waals surface area contributed by atoms with E-state index in [0.29, 0.717) is 17.7 Å². The Morgan fingerprint density at radius 3 is 2.75 bits per heavy atom. The van der Waals surface area contributed by atoms with E-state index in [1.165, 1.54) is 6.26 Å². The largest absolute Gasteiger partial charge is 0.489 e. The number of nitrogens with one attached hydrogen (secondary N) is 1. The van der Waals surface area contributed by atoms with Crippen molar-refractivity contribution in [3.05, 3.63) is 53.5 Å². The average Bonchev–Trinajstić information content (AvgIpc) is 2.94. The number of nitrogens with zero attached hydrogens (tertiary/aromatic N) is 1. The zero-order chi connectivity index (χ0) is 14.4. The van der Waals surface area contributed by atoms with E-state index in [4.69, 9.17) is 20.3 Å². The van der Waals surface area contributed by atoms with Crippen LogP contribution in [0.4, 0.5) is 0 Å². The first-order valence-electron chi connectivity index (χ1n) is 5.90. The number of benzene rings is 1. The zero-order valence-electron chi connectivity index (χ0n) is 10.6. The van der Waals surface area contributed by atoms with Crippen LogP contribution in [0, 0.1) is 11.3 Å². The van der Waals surface area contributed by atoms with Crippen molar-refractivity contribution in [2.24, 2.45) is 5.84 Å². The van der Waals surface area contributed by atoms with Crippen molar-refractivity contribution >= 4 is 5.91 Å². The molecule has 3 N–H and O–H groups in total. The molecule has 0 aliphatic rings. The maximum atomic E-state index is 11.4. The first-order valence-corrected chi connectivity index (χ1v) is 5.90. The van der Waals surface area contributed by atoms with Crippen LogP contribution in [0.25, 0.3) is 0 Å². The summed E-state index contributed by atoms with van der Waals surface area (Å²) < 4.78 is 10.6. The van der Waals surface area contributed by atoms with Crippen LogP contribution in [-0.2, 0) is 13.0 Å². The molecule has 1 aromatic heterocycles.